The smallest absolute Gasteiger partial charge is 0.822 e. The topological polar surface area (TPSA) is 172 Å². The van der Waals surface area contributed by atoms with E-state index >= 15 is 0 Å². The van der Waals surface area contributed by atoms with Gasteiger partial charge in [-0.15, -0.1) is 0 Å². The van der Waals surface area contributed by atoms with Gasteiger partial charge in [-0.2, -0.15) is 15.6 Å². The summed E-state index contributed by atoms with van der Waals surface area (Å²) in [5.41, 5.74) is 0. The molecule has 0 aliphatic carbocycles. The van der Waals surface area contributed by atoms with Crippen LogP contribution in [-0.4, -0.2) is 0 Å². The van der Waals surface area contributed by atoms with Crippen LogP contribution in [0.2, 0.25) is 0 Å². The molecule has 0 saturated heterocycles. The minimum atomic E-state index is -5.39. The van der Waals surface area contributed by atoms with E-state index in [-0.39, 0.29) is 71.9 Å². The first kappa shape index (κ1) is 36.0. The Morgan fingerprint density at radius 2 is 0.643 bits per heavy atom. The van der Waals surface area contributed by atoms with Crippen LogP contribution < -0.4 is 67.1 Å². The van der Waals surface area contributed by atoms with Gasteiger partial charge in [0.15, 0.2) is 0 Å². The zero-order chi connectivity index (χ0) is 9.00. The number of hydrogen-bond acceptors (Lipinski definition) is 8. The maximum Gasteiger partial charge on any atom is 2.00 e. The molecular formula is FeLi2MnO8P2. The van der Waals surface area contributed by atoms with E-state index in [4.69, 9.17) is 38.5 Å². The fourth-order valence-corrected chi connectivity index (χ4v) is 0. The molecule has 0 bridgehead atoms. The first-order valence-corrected chi connectivity index (χ1v) is 4.38. The monoisotopic (exact) mass is 315 g/mol. The molecule has 14 heteroatoms. The van der Waals surface area contributed by atoms with Gasteiger partial charge in [-0.3, -0.25) is 0 Å². The third-order valence-electron chi connectivity index (χ3n) is 0. The molecule has 8 nitrogen and oxygen atoms in total. The zero-order valence-corrected chi connectivity index (χ0v) is 11.0. The maximum atomic E-state index is 8.55. The third kappa shape index (κ3) is 435. The molecule has 0 aliphatic heterocycles. The predicted octanol–water partition coefficient (Wildman–Crippen LogP) is -11.6. The van der Waals surface area contributed by atoms with E-state index in [1.165, 1.54) is 0 Å². The second-order valence-corrected chi connectivity index (χ2v) is 2.68. The van der Waals surface area contributed by atoms with Crippen LogP contribution in [0.3, 0.4) is 0 Å². The molecule has 0 heterocycles. The van der Waals surface area contributed by atoms with Crippen LogP contribution in [0.15, 0.2) is 0 Å². The first-order chi connectivity index (χ1) is 4.00. The van der Waals surface area contributed by atoms with Gasteiger partial charge in [0.25, 0.3) is 0 Å². The second-order valence-electron chi connectivity index (χ2n) is 0.894. The predicted molar refractivity (Wildman–Crippen MR) is 15.2 cm³/mol. The minimum absolute atomic E-state index is 0. The summed E-state index contributed by atoms with van der Waals surface area (Å²) in [5, 5.41) is 0. The van der Waals surface area contributed by atoms with Gasteiger partial charge in [-0.05, 0) is 0 Å². The molecule has 0 amide bonds. The van der Waals surface area contributed by atoms with Crippen molar-refractivity contribution in [3.63, 3.8) is 0 Å². The van der Waals surface area contributed by atoms with Crippen molar-refractivity contribution in [2.75, 3.05) is 0 Å². The molecule has 0 rings (SSSR count). The molecule has 0 N–H and O–H groups in total. The molecule has 1 radical (unpaired) electrons. The van der Waals surface area contributed by atoms with E-state index in [2.05, 4.69) is 0 Å². The number of rotatable bonds is 0. The molecule has 0 aromatic heterocycles. The summed E-state index contributed by atoms with van der Waals surface area (Å²) in [4.78, 5) is 51.3. The second kappa shape index (κ2) is 15.5. The van der Waals surface area contributed by atoms with Crippen molar-refractivity contribution < 1.29 is 110 Å². The quantitative estimate of drug-likeness (QED) is 0.313. The molecule has 0 aromatic rings. The van der Waals surface area contributed by atoms with Crippen LogP contribution in [0, 0.1) is 0 Å². The van der Waals surface area contributed by atoms with Crippen LogP contribution in [0.4, 0.5) is 0 Å². The van der Waals surface area contributed by atoms with Crippen LogP contribution in [-0.2, 0) is 43.3 Å². The summed E-state index contributed by atoms with van der Waals surface area (Å²) in [6.45, 7) is 0. The van der Waals surface area contributed by atoms with Crippen LogP contribution >= 0.6 is 15.6 Å². The molecule has 75 valence electrons. The van der Waals surface area contributed by atoms with Crippen molar-refractivity contribution in [1.29, 1.82) is 0 Å². The van der Waals surface area contributed by atoms with Gasteiger partial charge in [0.1, 0.15) is 0 Å². The Hall–Kier alpha value is 2.45. The van der Waals surface area contributed by atoms with Gasteiger partial charge < -0.3 is 38.5 Å². The van der Waals surface area contributed by atoms with Crippen LogP contribution in [0.1, 0.15) is 0 Å². The van der Waals surface area contributed by atoms with Gasteiger partial charge >= 0.3 is 71.9 Å². The van der Waals surface area contributed by atoms with Crippen LogP contribution in [0.25, 0.3) is 0 Å². The van der Waals surface area contributed by atoms with Crippen LogP contribution in [0.5, 0.6) is 0 Å². The molecule has 14 heavy (non-hydrogen) atoms. The first-order valence-electron chi connectivity index (χ1n) is 1.46. The SMILES string of the molecule is O=P([O-])([O-])[O-].O=P([O-])([O-])[O-].[Fe+2].[Li+].[Li+].[Mn+2]. The van der Waals surface area contributed by atoms with E-state index < -0.39 is 15.6 Å². The molecule has 0 unspecified atom stereocenters. The van der Waals surface area contributed by atoms with Gasteiger partial charge in [0, 0.05) is 0 Å². The van der Waals surface area contributed by atoms with Crippen molar-refractivity contribution in [3.8, 4) is 0 Å². The molecule has 0 aromatic carbocycles. The van der Waals surface area contributed by atoms with Gasteiger partial charge in [-0.1, -0.05) is 0 Å². The molecule has 0 aliphatic rings. The van der Waals surface area contributed by atoms with Crippen molar-refractivity contribution >= 4 is 15.6 Å². The summed E-state index contributed by atoms with van der Waals surface area (Å²) in [5.74, 6) is 0. The zero-order valence-electron chi connectivity index (χ0n) is 6.89. The Labute approximate surface area is 125 Å². The van der Waals surface area contributed by atoms with Gasteiger partial charge in [-0.25, -0.2) is 0 Å². The van der Waals surface area contributed by atoms with E-state index in [0.717, 1.165) is 0 Å². The number of hydrogen-bond donors (Lipinski definition) is 0. The normalized spacial score (nSPS) is 8.43. The van der Waals surface area contributed by atoms with E-state index in [1.807, 2.05) is 0 Å². The molecule has 0 fully saturated rings. The Bertz CT molecular complexity index is 138. The summed E-state index contributed by atoms with van der Waals surface area (Å²) in [7, 11) is -10.8. The van der Waals surface area contributed by atoms with Crippen molar-refractivity contribution in [2.45, 2.75) is 0 Å². The molecule has 0 saturated carbocycles. The molecular weight excluding hydrogens is 315 g/mol. The fourth-order valence-electron chi connectivity index (χ4n) is 0. The van der Waals surface area contributed by atoms with E-state index in [9.17, 15) is 0 Å². The molecule has 0 atom stereocenters. The summed E-state index contributed by atoms with van der Waals surface area (Å²) in [6.07, 6.45) is 0. The van der Waals surface area contributed by atoms with Crippen molar-refractivity contribution in [1.82, 2.24) is 0 Å². The average Bonchev–Trinajstić information content (AvgIpc) is 1.12. The summed E-state index contributed by atoms with van der Waals surface area (Å²) in [6, 6.07) is 0. The Morgan fingerprint density at radius 3 is 0.643 bits per heavy atom. The Morgan fingerprint density at radius 1 is 0.643 bits per heavy atom. The number of phosphoric acid groups is 2. The Balaban J connectivity index is -0.0000000178. The summed E-state index contributed by atoms with van der Waals surface area (Å²) < 4.78 is 17.1. The maximum absolute atomic E-state index is 8.55. The van der Waals surface area contributed by atoms with Crippen molar-refractivity contribution in [2.24, 2.45) is 0 Å². The van der Waals surface area contributed by atoms with E-state index in [1.54, 1.807) is 0 Å². The fraction of sp³-hybridized carbons (Fsp3) is 0. The molecule has 0 spiro atoms. The Kier molecular flexibility index (Phi) is 39.7. The standard InChI is InChI=1S/Fe.2Li.Mn.2H3O4P/c;;;;2*1-5(2,3)4/h;;;;2*(H3,1,2,3,4)/q+2;2*+1;+2;;/p-6. The van der Waals surface area contributed by atoms with E-state index in [0.29, 0.717) is 0 Å². The average molecular weight is 315 g/mol. The van der Waals surface area contributed by atoms with Crippen molar-refractivity contribution in [3.05, 3.63) is 0 Å². The van der Waals surface area contributed by atoms with Gasteiger partial charge in [0.05, 0.1) is 0 Å². The summed E-state index contributed by atoms with van der Waals surface area (Å²) >= 11 is 0. The third-order valence-corrected chi connectivity index (χ3v) is 0. The minimum Gasteiger partial charge on any atom is -0.822 e. The largest absolute Gasteiger partial charge is 2.00 e. The van der Waals surface area contributed by atoms with Gasteiger partial charge in [0.2, 0.25) is 0 Å².